The van der Waals surface area contributed by atoms with Gasteiger partial charge in [-0.2, -0.15) is 0 Å². The van der Waals surface area contributed by atoms with E-state index in [1.807, 2.05) is 7.05 Å². The minimum Gasteiger partial charge on any atom is -0.373 e. The SMILES string of the molecule is CCc1c(NC)ncnc1Sc1nncs1. The van der Waals surface area contributed by atoms with Gasteiger partial charge >= 0.3 is 0 Å². The standard InChI is InChI=1S/C9H11N5S2/c1-3-6-7(10-2)11-4-12-8(6)16-9-14-13-5-15-9/h4-5H,3H2,1-2H3,(H,10,11,12). The molecule has 5 nitrogen and oxygen atoms in total. The summed E-state index contributed by atoms with van der Waals surface area (Å²) in [5.74, 6) is 0.879. The molecule has 2 aromatic heterocycles. The molecule has 0 aliphatic rings. The number of anilines is 1. The van der Waals surface area contributed by atoms with Crippen molar-refractivity contribution >= 4 is 28.9 Å². The van der Waals surface area contributed by atoms with Crippen LogP contribution in [0.2, 0.25) is 0 Å². The molecule has 2 rings (SSSR count). The second-order valence-electron chi connectivity index (χ2n) is 2.92. The van der Waals surface area contributed by atoms with Gasteiger partial charge in [0.15, 0.2) is 4.34 Å². The number of aromatic nitrogens is 4. The Labute approximate surface area is 102 Å². The molecule has 2 aromatic rings. The van der Waals surface area contributed by atoms with Gasteiger partial charge in [-0.1, -0.05) is 18.3 Å². The summed E-state index contributed by atoms with van der Waals surface area (Å²) in [7, 11) is 1.86. The summed E-state index contributed by atoms with van der Waals surface area (Å²) < 4.78 is 0.899. The minimum absolute atomic E-state index is 0.879. The second-order valence-corrected chi connectivity index (χ2v) is 4.99. The Morgan fingerprint density at radius 2 is 2.31 bits per heavy atom. The van der Waals surface area contributed by atoms with E-state index in [0.717, 1.165) is 27.2 Å². The molecule has 0 saturated carbocycles. The Hall–Kier alpha value is -1.21. The van der Waals surface area contributed by atoms with Crippen LogP contribution in [0.25, 0.3) is 0 Å². The van der Waals surface area contributed by atoms with E-state index in [9.17, 15) is 0 Å². The summed E-state index contributed by atoms with van der Waals surface area (Å²) in [5, 5.41) is 11.8. The maximum absolute atomic E-state index is 4.28. The average molecular weight is 253 g/mol. The van der Waals surface area contributed by atoms with E-state index in [-0.39, 0.29) is 0 Å². The molecule has 0 radical (unpaired) electrons. The molecule has 0 spiro atoms. The van der Waals surface area contributed by atoms with Crippen LogP contribution in [0.5, 0.6) is 0 Å². The van der Waals surface area contributed by atoms with E-state index in [1.54, 1.807) is 11.8 Å². The predicted octanol–water partition coefficient (Wildman–Crippen LogP) is 2.08. The van der Waals surface area contributed by atoms with E-state index < -0.39 is 0 Å². The first-order valence-electron chi connectivity index (χ1n) is 4.80. The van der Waals surface area contributed by atoms with Crippen LogP contribution in [0.15, 0.2) is 21.2 Å². The molecule has 0 fully saturated rings. The van der Waals surface area contributed by atoms with Crippen LogP contribution in [0, 0.1) is 0 Å². The van der Waals surface area contributed by atoms with Gasteiger partial charge in [0.25, 0.3) is 0 Å². The van der Waals surface area contributed by atoms with Crippen LogP contribution in [-0.2, 0) is 6.42 Å². The normalized spacial score (nSPS) is 10.4. The maximum atomic E-state index is 4.28. The molecule has 0 bridgehead atoms. The molecule has 0 unspecified atom stereocenters. The summed E-state index contributed by atoms with van der Waals surface area (Å²) in [6.07, 6.45) is 2.45. The summed E-state index contributed by atoms with van der Waals surface area (Å²) in [5.41, 5.74) is 2.83. The Morgan fingerprint density at radius 1 is 1.44 bits per heavy atom. The first kappa shape index (κ1) is 11.3. The van der Waals surface area contributed by atoms with Crippen molar-refractivity contribution in [2.75, 3.05) is 12.4 Å². The topological polar surface area (TPSA) is 63.6 Å². The lowest BCUT2D eigenvalue weighted by Crippen LogP contribution is -2.01. The van der Waals surface area contributed by atoms with Gasteiger partial charge in [0.05, 0.1) is 0 Å². The smallest absolute Gasteiger partial charge is 0.180 e. The van der Waals surface area contributed by atoms with E-state index in [1.165, 1.54) is 23.1 Å². The fourth-order valence-corrected chi connectivity index (χ4v) is 2.86. The van der Waals surface area contributed by atoms with E-state index >= 15 is 0 Å². The van der Waals surface area contributed by atoms with Crippen LogP contribution in [0.1, 0.15) is 12.5 Å². The van der Waals surface area contributed by atoms with Crippen molar-refractivity contribution in [1.82, 2.24) is 20.2 Å². The summed E-state index contributed by atoms with van der Waals surface area (Å²) in [4.78, 5) is 8.47. The Bertz CT molecular complexity index is 457. The summed E-state index contributed by atoms with van der Waals surface area (Å²) in [6.45, 7) is 2.09. The number of hydrogen-bond donors (Lipinski definition) is 1. The van der Waals surface area contributed by atoms with Gasteiger partial charge in [-0.15, -0.1) is 10.2 Å². The molecular formula is C9H11N5S2. The van der Waals surface area contributed by atoms with Crippen molar-refractivity contribution in [3.63, 3.8) is 0 Å². The van der Waals surface area contributed by atoms with E-state index in [4.69, 9.17) is 0 Å². The number of hydrogen-bond acceptors (Lipinski definition) is 7. The molecule has 0 saturated heterocycles. The van der Waals surface area contributed by atoms with Crippen LogP contribution in [0.3, 0.4) is 0 Å². The van der Waals surface area contributed by atoms with E-state index in [2.05, 4.69) is 32.4 Å². The second kappa shape index (κ2) is 5.22. The van der Waals surface area contributed by atoms with E-state index in [0.29, 0.717) is 0 Å². The maximum Gasteiger partial charge on any atom is 0.180 e. The molecule has 0 atom stereocenters. The van der Waals surface area contributed by atoms with Crippen molar-refractivity contribution in [3.8, 4) is 0 Å². The minimum atomic E-state index is 0.879. The molecule has 2 heterocycles. The van der Waals surface area contributed by atoms with Gasteiger partial charge in [-0.25, -0.2) is 9.97 Å². The Balaban J connectivity index is 2.33. The van der Waals surface area contributed by atoms with Gasteiger partial charge in [0.2, 0.25) is 0 Å². The lowest BCUT2D eigenvalue weighted by Gasteiger charge is -2.08. The average Bonchev–Trinajstić information content (AvgIpc) is 2.81. The fourth-order valence-electron chi connectivity index (χ4n) is 1.31. The molecule has 0 aromatic carbocycles. The van der Waals surface area contributed by atoms with Crippen molar-refractivity contribution < 1.29 is 0 Å². The highest BCUT2D eigenvalue weighted by Gasteiger charge is 2.11. The number of rotatable bonds is 4. The molecule has 84 valence electrons. The van der Waals surface area contributed by atoms with Gasteiger partial charge in [-0.3, -0.25) is 0 Å². The largest absolute Gasteiger partial charge is 0.373 e. The lowest BCUT2D eigenvalue weighted by atomic mass is 10.2. The molecule has 0 aliphatic carbocycles. The van der Waals surface area contributed by atoms with Gasteiger partial charge < -0.3 is 5.32 Å². The third-order valence-electron chi connectivity index (χ3n) is 2.02. The summed E-state index contributed by atoms with van der Waals surface area (Å²) >= 11 is 3.04. The van der Waals surface area contributed by atoms with Crippen molar-refractivity contribution in [3.05, 3.63) is 17.4 Å². The first-order valence-corrected chi connectivity index (χ1v) is 6.50. The Morgan fingerprint density at radius 3 is 2.94 bits per heavy atom. The van der Waals surface area contributed by atoms with Crippen LogP contribution in [-0.4, -0.2) is 27.2 Å². The van der Waals surface area contributed by atoms with Crippen molar-refractivity contribution in [1.29, 1.82) is 0 Å². The highest BCUT2D eigenvalue weighted by Crippen LogP contribution is 2.31. The quantitative estimate of drug-likeness (QED) is 0.842. The number of nitrogens with one attached hydrogen (secondary N) is 1. The van der Waals surface area contributed by atoms with Gasteiger partial charge in [0.1, 0.15) is 22.7 Å². The molecule has 1 N–H and O–H groups in total. The molecule has 0 amide bonds. The lowest BCUT2D eigenvalue weighted by molar-refractivity contribution is 0.940. The Kier molecular flexibility index (Phi) is 3.68. The molecule has 16 heavy (non-hydrogen) atoms. The highest BCUT2D eigenvalue weighted by molar-refractivity contribution is 8.01. The van der Waals surface area contributed by atoms with Crippen LogP contribution in [0.4, 0.5) is 5.82 Å². The third-order valence-corrected chi connectivity index (χ3v) is 3.84. The third kappa shape index (κ3) is 2.30. The monoisotopic (exact) mass is 253 g/mol. The zero-order valence-electron chi connectivity index (χ0n) is 8.97. The van der Waals surface area contributed by atoms with Crippen LogP contribution < -0.4 is 5.32 Å². The van der Waals surface area contributed by atoms with Crippen LogP contribution >= 0.6 is 23.1 Å². The highest BCUT2D eigenvalue weighted by atomic mass is 32.2. The van der Waals surface area contributed by atoms with Crippen molar-refractivity contribution in [2.24, 2.45) is 0 Å². The number of nitrogens with zero attached hydrogens (tertiary/aromatic N) is 4. The van der Waals surface area contributed by atoms with Gasteiger partial charge in [-0.05, 0) is 18.2 Å². The molecule has 7 heteroatoms. The zero-order valence-corrected chi connectivity index (χ0v) is 10.6. The van der Waals surface area contributed by atoms with Crippen molar-refractivity contribution in [2.45, 2.75) is 22.7 Å². The predicted molar refractivity (Wildman–Crippen MR) is 65.0 cm³/mol. The zero-order chi connectivity index (χ0) is 11.4. The van der Waals surface area contributed by atoms with Gasteiger partial charge in [0, 0.05) is 12.6 Å². The molecule has 0 aliphatic heterocycles. The molecular weight excluding hydrogens is 242 g/mol. The first-order chi connectivity index (χ1) is 7.85. The fraction of sp³-hybridized carbons (Fsp3) is 0.333. The summed E-state index contributed by atoms with van der Waals surface area (Å²) in [6, 6.07) is 0.